The second-order valence-corrected chi connectivity index (χ2v) is 8.64. The van der Waals surface area contributed by atoms with Crippen molar-refractivity contribution < 1.29 is 13.9 Å². The minimum absolute atomic E-state index is 0.00404. The van der Waals surface area contributed by atoms with Crippen molar-refractivity contribution in [2.24, 2.45) is 5.92 Å². The van der Waals surface area contributed by atoms with Gasteiger partial charge in [0.05, 0.1) is 13.0 Å². The smallest absolute Gasteiger partial charge is 0.224 e. The highest BCUT2D eigenvalue weighted by atomic mass is 19.1. The zero-order valence-electron chi connectivity index (χ0n) is 19.1. The van der Waals surface area contributed by atoms with Crippen molar-refractivity contribution in [3.63, 3.8) is 0 Å². The Balaban J connectivity index is 1.32. The molecule has 1 atom stereocenters. The van der Waals surface area contributed by atoms with Crippen LogP contribution in [0.15, 0.2) is 72.8 Å². The van der Waals surface area contributed by atoms with Gasteiger partial charge in [0.15, 0.2) is 0 Å². The maximum absolute atomic E-state index is 13.0. The number of nitrogens with one attached hydrogen (secondary N) is 1. The summed E-state index contributed by atoms with van der Waals surface area (Å²) in [5.74, 6) is 0.748. The van der Waals surface area contributed by atoms with E-state index in [1.54, 1.807) is 19.2 Å². The van der Waals surface area contributed by atoms with Gasteiger partial charge < -0.3 is 10.1 Å². The summed E-state index contributed by atoms with van der Waals surface area (Å²) in [6.07, 6.45) is 2.64. The van der Waals surface area contributed by atoms with Gasteiger partial charge in [-0.15, -0.1) is 0 Å². The molecule has 1 aliphatic rings. The summed E-state index contributed by atoms with van der Waals surface area (Å²) < 4.78 is 18.6. The van der Waals surface area contributed by atoms with E-state index < -0.39 is 0 Å². The van der Waals surface area contributed by atoms with E-state index >= 15 is 0 Å². The molecule has 172 valence electrons. The van der Waals surface area contributed by atoms with Gasteiger partial charge in [0.25, 0.3) is 0 Å². The van der Waals surface area contributed by atoms with Crippen molar-refractivity contribution in [3.8, 4) is 16.9 Å². The van der Waals surface area contributed by atoms with Crippen LogP contribution < -0.4 is 10.1 Å². The molecule has 1 unspecified atom stereocenters. The molecule has 0 radical (unpaired) electrons. The topological polar surface area (TPSA) is 41.6 Å². The maximum atomic E-state index is 13.0. The lowest BCUT2D eigenvalue weighted by atomic mass is 9.96. The summed E-state index contributed by atoms with van der Waals surface area (Å²) in [5, 5.41) is 3.07. The molecule has 0 aliphatic carbocycles. The maximum Gasteiger partial charge on any atom is 0.224 e. The zero-order valence-corrected chi connectivity index (χ0v) is 19.1. The third-order valence-corrected chi connectivity index (χ3v) is 6.25. The minimum atomic E-state index is -0.237. The molecule has 0 spiro atoms. The highest BCUT2D eigenvalue weighted by Gasteiger charge is 2.25. The van der Waals surface area contributed by atoms with Crippen LogP contribution in [0.5, 0.6) is 5.75 Å². The van der Waals surface area contributed by atoms with Gasteiger partial charge in [-0.2, -0.15) is 0 Å². The van der Waals surface area contributed by atoms with Crippen molar-refractivity contribution in [3.05, 3.63) is 89.7 Å². The molecule has 3 aromatic carbocycles. The van der Waals surface area contributed by atoms with Crippen LogP contribution in [0.2, 0.25) is 0 Å². The van der Waals surface area contributed by atoms with Crippen LogP contribution in [-0.4, -0.2) is 37.6 Å². The Hall–Kier alpha value is -3.18. The van der Waals surface area contributed by atoms with Crippen molar-refractivity contribution >= 4 is 5.91 Å². The number of nitrogens with zero attached hydrogens (tertiary/aromatic N) is 1. The Kier molecular flexibility index (Phi) is 7.74. The second-order valence-electron chi connectivity index (χ2n) is 8.64. The van der Waals surface area contributed by atoms with Crippen molar-refractivity contribution in [1.29, 1.82) is 0 Å². The third kappa shape index (κ3) is 6.20. The number of hydrogen-bond acceptors (Lipinski definition) is 3. The minimum Gasteiger partial charge on any atom is -0.496 e. The lowest BCUT2D eigenvalue weighted by Gasteiger charge is -2.32. The standard InChI is InChI=1S/C28H31FN2O2/c1-33-27-10-3-2-9-26(27)23-7-4-6-22(18-23)19-31-17-5-8-24(20-31)28(32)30-16-15-21-11-13-25(29)14-12-21/h2-4,6-7,9-14,18,24H,5,8,15-17,19-20H2,1H3,(H,30,32). The van der Waals surface area contributed by atoms with E-state index in [-0.39, 0.29) is 17.6 Å². The van der Waals surface area contributed by atoms with Gasteiger partial charge in [0.1, 0.15) is 11.6 Å². The normalized spacial score (nSPS) is 16.4. The Labute approximate surface area is 195 Å². The van der Waals surface area contributed by atoms with E-state index in [0.717, 1.165) is 54.9 Å². The number of halogens is 1. The summed E-state index contributed by atoms with van der Waals surface area (Å²) >= 11 is 0. The highest BCUT2D eigenvalue weighted by Crippen LogP contribution is 2.30. The van der Waals surface area contributed by atoms with Crippen LogP contribution in [0.25, 0.3) is 11.1 Å². The molecular weight excluding hydrogens is 415 g/mol. The van der Waals surface area contributed by atoms with E-state index in [2.05, 4.69) is 40.5 Å². The van der Waals surface area contributed by atoms with E-state index in [1.165, 1.54) is 17.7 Å². The molecule has 0 aromatic heterocycles. The number of methoxy groups -OCH3 is 1. The second kappa shape index (κ2) is 11.1. The number of para-hydroxylation sites is 1. The van der Waals surface area contributed by atoms with E-state index in [0.29, 0.717) is 13.0 Å². The molecular formula is C28H31FN2O2. The number of amides is 1. The summed E-state index contributed by atoms with van der Waals surface area (Å²) in [4.78, 5) is 15.1. The fraction of sp³-hybridized carbons (Fsp3) is 0.321. The number of rotatable bonds is 8. The molecule has 1 aliphatic heterocycles. The number of carbonyl (C=O) groups is 1. The Bertz CT molecular complexity index is 1070. The molecule has 33 heavy (non-hydrogen) atoms. The Morgan fingerprint density at radius 2 is 1.88 bits per heavy atom. The van der Waals surface area contributed by atoms with Gasteiger partial charge in [-0.25, -0.2) is 4.39 Å². The van der Waals surface area contributed by atoms with Crippen LogP contribution >= 0.6 is 0 Å². The molecule has 0 saturated carbocycles. The molecule has 1 saturated heterocycles. The molecule has 1 fully saturated rings. The van der Waals surface area contributed by atoms with Gasteiger partial charge >= 0.3 is 0 Å². The monoisotopic (exact) mass is 446 g/mol. The number of carbonyl (C=O) groups excluding carboxylic acids is 1. The van der Waals surface area contributed by atoms with E-state index in [1.807, 2.05) is 18.2 Å². The van der Waals surface area contributed by atoms with Crippen LogP contribution in [-0.2, 0) is 17.8 Å². The van der Waals surface area contributed by atoms with Crippen LogP contribution in [0.4, 0.5) is 4.39 Å². The zero-order chi connectivity index (χ0) is 23.0. The van der Waals surface area contributed by atoms with Crippen LogP contribution in [0, 0.1) is 11.7 Å². The Morgan fingerprint density at radius 3 is 2.70 bits per heavy atom. The third-order valence-electron chi connectivity index (χ3n) is 6.25. The fourth-order valence-corrected chi connectivity index (χ4v) is 4.52. The predicted molar refractivity (Wildman–Crippen MR) is 130 cm³/mol. The quantitative estimate of drug-likeness (QED) is 0.525. The SMILES string of the molecule is COc1ccccc1-c1cccc(CN2CCCC(C(=O)NCCc3ccc(F)cc3)C2)c1. The average Bonchev–Trinajstić information content (AvgIpc) is 2.85. The van der Waals surface area contributed by atoms with Crippen molar-refractivity contribution in [2.45, 2.75) is 25.8 Å². The first-order valence-corrected chi connectivity index (χ1v) is 11.6. The van der Waals surface area contributed by atoms with Gasteiger partial charge in [-0.05, 0) is 66.8 Å². The van der Waals surface area contributed by atoms with Gasteiger partial charge in [0, 0.05) is 25.2 Å². The Morgan fingerprint density at radius 1 is 1.06 bits per heavy atom. The number of hydrogen-bond donors (Lipinski definition) is 1. The van der Waals surface area contributed by atoms with Crippen molar-refractivity contribution in [1.82, 2.24) is 10.2 Å². The van der Waals surface area contributed by atoms with Crippen LogP contribution in [0.1, 0.15) is 24.0 Å². The molecule has 1 N–H and O–H groups in total. The van der Waals surface area contributed by atoms with E-state index in [4.69, 9.17) is 4.74 Å². The lowest BCUT2D eigenvalue weighted by Crippen LogP contribution is -2.43. The summed E-state index contributed by atoms with van der Waals surface area (Å²) in [7, 11) is 1.70. The summed E-state index contributed by atoms with van der Waals surface area (Å²) in [6, 6.07) is 23.0. The summed E-state index contributed by atoms with van der Waals surface area (Å²) in [5.41, 5.74) is 4.48. The first-order valence-electron chi connectivity index (χ1n) is 11.6. The largest absolute Gasteiger partial charge is 0.496 e. The van der Waals surface area contributed by atoms with E-state index in [9.17, 15) is 9.18 Å². The van der Waals surface area contributed by atoms with Crippen molar-refractivity contribution in [2.75, 3.05) is 26.7 Å². The number of likely N-dealkylation sites (tertiary alicyclic amines) is 1. The van der Waals surface area contributed by atoms with Gasteiger partial charge in [-0.3, -0.25) is 9.69 Å². The highest BCUT2D eigenvalue weighted by molar-refractivity contribution is 5.79. The molecule has 4 nitrogen and oxygen atoms in total. The molecule has 1 heterocycles. The number of piperidine rings is 1. The molecule has 1 amide bonds. The molecule has 3 aromatic rings. The first kappa shape index (κ1) is 23.0. The molecule has 5 heteroatoms. The van der Waals surface area contributed by atoms with Gasteiger partial charge in [0.2, 0.25) is 5.91 Å². The number of ether oxygens (including phenoxy) is 1. The first-order chi connectivity index (χ1) is 16.1. The average molecular weight is 447 g/mol. The molecule has 0 bridgehead atoms. The van der Waals surface area contributed by atoms with Gasteiger partial charge in [-0.1, -0.05) is 48.5 Å². The fourth-order valence-electron chi connectivity index (χ4n) is 4.52. The molecule has 4 rings (SSSR count). The number of benzene rings is 3. The predicted octanol–water partition coefficient (Wildman–Crippen LogP) is 5.07. The summed E-state index contributed by atoms with van der Waals surface area (Å²) in [6.45, 7) is 3.16. The lowest BCUT2D eigenvalue weighted by molar-refractivity contribution is -0.126. The van der Waals surface area contributed by atoms with Crippen LogP contribution in [0.3, 0.4) is 0 Å².